The van der Waals surface area contributed by atoms with Crippen LogP contribution >= 0.6 is 0 Å². The number of carbonyl (C=O) groups excluding carboxylic acids is 2. The number of benzene rings is 2. The van der Waals surface area contributed by atoms with Gasteiger partial charge in [0.2, 0.25) is 5.56 Å². The molecule has 2 atom stereocenters. The van der Waals surface area contributed by atoms with E-state index in [4.69, 9.17) is 9.16 Å². The quantitative estimate of drug-likeness (QED) is 0.0539. The maximum atomic E-state index is 14.0. The highest BCUT2D eigenvalue weighted by molar-refractivity contribution is 6.74. The van der Waals surface area contributed by atoms with Crippen molar-refractivity contribution in [1.29, 1.82) is 0 Å². The Hall–Kier alpha value is -4.36. The number of nitrogens with zero attached hydrogens (tertiary/aromatic N) is 2. The first kappa shape index (κ1) is 42.8. The molecule has 59 heavy (non-hydrogen) atoms. The number of pyridine rings is 2. The van der Waals surface area contributed by atoms with Crippen LogP contribution in [0.25, 0.3) is 10.9 Å². The van der Waals surface area contributed by atoms with Gasteiger partial charge in [0, 0.05) is 43.8 Å². The summed E-state index contributed by atoms with van der Waals surface area (Å²) in [6.07, 6.45) is 9.99. The molecule has 3 aliphatic heterocycles. The summed E-state index contributed by atoms with van der Waals surface area (Å²) >= 11 is 0. The molecular formula is C47H63N5O6Si. The SMILES string of the molecule is CC(C)(C)[Si](C)(C)O[C@H](CNCc1ccc(C(=O)NCCCc2cccc(C3(C(=O)O[C@H]4CN5CCC4CC5)CCCCC3)c2)cn1)c1ccc(O)c2[nH]c(=O)ccc12. The Labute approximate surface area is 349 Å². The number of piperidine rings is 3. The summed E-state index contributed by atoms with van der Waals surface area (Å²) in [6, 6.07) is 18.8. The van der Waals surface area contributed by atoms with Crippen LogP contribution in [0.2, 0.25) is 18.1 Å². The van der Waals surface area contributed by atoms with Crippen molar-refractivity contribution in [2.75, 3.05) is 32.7 Å². The van der Waals surface area contributed by atoms with Gasteiger partial charge in [-0.05, 0) is 117 Å². The lowest BCUT2D eigenvalue weighted by Crippen LogP contribution is -2.53. The number of hydrogen-bond acceptors (Lipinski definition) is 9. The van der Waals surface area contributed by atoms with Crippen LogP contribution < -0.4 is 16.2 Å². The first-order valence-electron chi connectivity index (χ1n) is 21.7. The summed E-state index contributed by atoms with van der Waals surface area (Å²) in [4.78, 5) is 49.0. The zero-order valence-corrected chi connectivity index (χ0v) is 36.6. The Morgan fingerprint density at radius 3 is 2.51 bits per heavy atom. The van der Waals surface area contributed by atoms with E-state index in [1.165, 1.54) is 11.6 Å². The van der Waals surface area contributed by atoms with Crippen molar-refractivity contribution in [3.8, 4) is 5.75 Å². The summed E-state index contributed by atoms with van der Waals surface area (Å²) < 4.78 is 13.3. The maximum Gasteiger partial charge on any atom is 0.316 e. The predicted octanol–water partition coefficient (Wildman–Crippen LogP) is 7.68. The molecule has 0 unspecified atom stereocenters. The van der Waals surface area contributed by atoms with E-state index in [9.17, 15) is 19.5 Å². The Morgan fingerprint density at radius 2 is 1.81 bits per heavy atom. The molecule has 4 aromatic rings. The van der Waals surface area contributed by atoms with E-state index in [1.54, 1.807) is 24.4 Å². The molecule has 5 heterocycles. The van der Waals surface area contributed by atoms with E-state index >= 15 is 0 Å². The van der Waals surface area contributed by atoms with Crippen LogP contribution in [-0.2, 0) is 32.3 Å². The van der Waals surface area contributed by atoms with Crippen molar-refractivity contribution >= 4 is 31.1 Å². The number of amides is 1. The van der Waals surface area contributed by atoms with Gasteiger partial charge < -0.3 is 29.9 Å². The second-order valence-electron chi connectivity index (χ2n) is 18.6. The van der Waals surface area contributed by atoms with E-state index in [0.29, 0.717) is 36.6 Å². The second-order valence-corrected chi connectivity index (χ2v) is 23.4. The Bertz CT molecular complexity index is 2150. The number of rotatable bonds is 15. The number of fused-ring (bicyclic) bond motifs is 4. The van der Waals surface area contributed by atoms with E-state index in [-0.39, 0.29) is 40.4 Å². The predicted molar refractivity (Wildman–Crippen MR) is 234 cm³/mol. The van der Waals surface area contributed by atoms with Gasteiger partial charge in [0.05, 0.1) is 28.3 Å². The van der Waals surface area contributed by atoms with Crippen LogP contribution in [0.1, 0.15) is 111 Å². The maximum absolute atomic E-state index is 14.0. The number of aryl methyl sites for hydroxylation is 1. The normalized spacial score (nSPS) is 20.9. The molecule has 4 aliphatic rings. The third kappa shape index (κ3) is 9.83. The van der Waals surface area contributed by atoms with Crippen molar-refractivity contribution in [3.63, 3.8) is 0 Å². The number of H-pyrrole nitrogens is 1. The highest BCUT2D eigenvalue weighted by atomic mass is 28.4. The van der Waals surface area contributed by atoms with Crippen LogP contribution in [-0.4, -0.2) is 79.0 Å². The Balaban J connectivity index is 0.919. The molecule has 0 radical (unpaired) electrons. The van der Waals surface area contributed by atoms with Crippen LogP contribution in [0.5, 0.6) is 5.75 Å². The van der Waals surface area contributed by atoms with Crippen LogP contribution in [0.3, 0.4) is 0 Å². The number of aromatic amines is 1. The highest BCUT2D eigenvalue weighted by Gasteiger charge is 2.46. The molecule has 12 heteroatoms. The van der Waals surface area contributed by atoms with Crippen molar-refractivity contribution in [2.24, 2.45) is 5.92 Å². The number of carbonyl (C=O) groups is 2. The Morgan fingerprint density at radius 1 is 1.03 bits per heavy atom. The summed E-state index contributed by atoms with van der Waals surface area (Å²) in [6.45, 7) is 15.6. The van der Waals surface area contributed by atoms with E-state index in [1.807, 2.05) is 12.1 Å². The number of aromatic nitrogens is 2. The molecule has 4 fully saturated rings. The largest absolute Gasteiger partial charge is 0.506 e. The van der Waals surface area contributed by atoms with Crippen molar-refractivity contribution in [2.45, 2.75) is 121 Å². The van der Waals surface area contributed by atoms with Gasteiger partial charge in [-0.3, -0.25) is 24.3 Å². The zero-order valence-electron chi connectivity index (χ0n) is 35.6. The summed E-state index contributed by atoms with van der Waals surface area (Å²) in [7, 11) is -2.22. The molecule has 11 nitrogen and oxygen atoms in total. The molecule has 8 rings (SSSR count). The van der Waals surface area contributed by atoms with Gasteiger partial charge in [-0.25, -0.2) is 0 Å². The van der Waals surface area contributed by atoms with Crippen molar-refractivity contribution in [3.05, 3.63) is 105 Å². The molecular weight excluding hydrogens is 759 g/mol. The molecule has 3 saturated heterocycles. The minimum absolute atomic E-state index is 0.0124. The van der Waals surface area contributed by atoms with Gasteiger partial charge in [0.1, 0.15) is 11.9 Å². The number of phenols is 1. The number of phenolic OH excluding ortho intramolecular Hbond substituents is 1. The topological polar surface area (TPSA) is 146 Å². The van der Waals surface area contributed by atoms with Gasteiger partial charge in [0.15, 0.2) is 8.32 Å². The fourth-order valence-electron chi connectivity index (χ4n) is 8.96. The third-order valence-electron chi connectivity index (χ3n) is 13.6. The second kappa shape index (κ2) is 18.1. The molecule has 2 bridgehead atoms. The van der Waals surface area contributed by atoms with E-state index in [2.05, 4.69) is 83.6 Å². The number of nitrogens with one attached hydrogen (secondary N) is 3. The third-order valence-corrected chi connectivity index (χ3v) is 18.1. The fraction of sp³-hybridized carbons (Fsp3) is 0.532. The highest BCUT2D eigenvalue weighted by Crippen LogP contribution is 2.43. The van der Waals surface area contributed by atoms with Crippen LogP contribution in [0.4, 0.5) is 0 Å². The molecule has 0 spiro atoms. The lowest BCUT2D eigenvalue weighted by molar-refractivity contribution is -0.167. The smallest absolute Gasteiger partial charge is 0.316 e. The minimum atomic E-state index is -2.22. The summed E-state index contributed by atoms with van der Waals surface area (Å²) in [5, 5.41) is 17.8. The van der Waals surface area contributed by atoms with Crippen molar-refractivity contribution < 1.29 is 23.9 Å². The lowest BCUT2D eigenvalue weighted by atomic mass is 9.69. The molecule has 316 valence electrons. The van der Waals surface area contributed by atoms with Crippen LogP contribution in [0.15, 0.2) is 71.7 Å². The van der Waals surface area contributed by atoms with Crippen LogP contribution in [0, 0.1) is 5.92 Å². The first-order chi connectivity index (χ1) is 28.2. The Kier molecular flexibility index (Phi) is 13.1. The molecule has 2 aromatic carbocycles. The summed E-state index contributed by atoms with van der Waals surface area (Å²) in [5.74, 6) is 0.311. The van der Waals surface area contributed by atoms with Gasteiger partial charge in [-0.1, -0.05) is 70.4 Å². The van der Waals surface area contributed by atoms with Gasteiger partial charge in [0.25, 0.3) is 5.91 Å². The molecule has 1 amide bonds. The summed E-state index contributed by atoms with van der Waals surface area (Å²) in [5.41, 5.74) is 3.95. The van der Waals surface area contributed by atoms with E-state index < -0.39 is 13.7 Å². The number of esters is 1. The molecule has 1 saturated carbocycles. The monoisotopic (exact) mass is 821 g/mol. The average Bonchev–Trinajstić information content (AvgIpc) is 3.23. The minimum Gasteiger partial charge on any atom is -0.506 e. The fourth-order valence-corrected chi connectivity index (χ4v) is 10.2. The molecule has 2 aromatic heterocycles. The van der Waals surface area contributed by atoms with Gasteiger partial charge in [-0.2, -0.15) is 0 Å². The van der Waals surface area contributed by atoms with Crippen molar-refractivity contribution in [1.82, 2.24) is 25.5 Å². The van der Waals surface area contributed by atoms with E-state index in [0.717, 1.165) is 99.6 Å². The molecule has 4 N–H and O–H groups in total. The molecule has 1 aliphatic carbocycles. The zero-order chi connectivity index (χ0) is 41.8. The number of aromatic hydroxyl groups is 1. The number of ether oxygens (including phenoxy) is 1. The number of hydrogen-bond donors (Lipinski definition) is 4. The van der Waals surface area contributed by atoms with Gasteiger partial charge in [-0.15, -0.1) is 0 Å². The average molecular weight is 822 g/mol. The van der Waals surface area contributed by atoms with Gasteiger partial charge >= 0.3 is 5.97 Å². The standard InChI is InChI=1S/C47H63N5O6Si/c1-46(2,3)59(4,5)58-40(37-16-18-39(53)43-38(37)17-19-42(54)51-43)30-48-29-36-15-14-34(28-50-36)44(55)49-24-10-12-32-11-9-13-35(27-32)47(22-7-6-8-23-47)45(56)57-41-31-52-25-20-33(41)21-26-52/h9,11,13-19,27-28,33,40-41,48,53H,6-8,10,12,20-26,29-31H2,1-5H3,(H,49,55)(H,51,54)/t40-,41+/m1/s1. The first-order valence-corrected chi connectivity index (χ1v) is 24.6. The lowest BCUT2D eigenvalue weighted by Gasteiger charge is -2.45.